The lowest BCUT2D eigenvalue weighted by Gasteiger charge is -2.58. The molecule has 5 aliphatic rings. The molecule has 1 saturated heterocycles. The van der Waals surface area contributed by atoms with E-state index in [1.807, 2.05) is 0 Å². The lowest BCUT2D eigenvalue weighted by atomic mass is 9.47. The van der Waals surface area contributed by atoms with Gasteiger partial charge in [0.15, 0.2) is 0 Å². The molecule has 1 aliphatic heterocycles. The summed E-state index contributed by atoms with van der Waals surface area (Å²) >= 11 is 0. The average molecular weight is 487 g/mol. The number of fused-ring (bicyclic) bond motifs is 5. The Balaban J connectivity index is 1.11. The molecule has 0 spiro atoms. The van der Waals surface area contributed by atoms with Gasteiger partial charge in [0, 0.05) is 24.7 Å². The number of aromatic nitrogens is 3. The molecule has 2 unspecified atom stereocenters. The van der Waals surface area contributed by atoms with Crippen LogP contribution in [0.1, 0.15) is 71.3 Å². The van der Waals surface area contributed by atoms with Gasteiger partial charge in [-0.25, -0.2) is 4.68 Å². The SMILES string of the molecule is C[C@]12CCC3C(CC=C4C[C@H](N5CCOCC5)CC[C@@]43C)[C@@H]1CC[C@H]2n1cc(-c2ccccc2)nn1. The molecule has 192 valence electrons. The lowest BCUT2D eigenvalue weighted by molar-refractivity contribution is -0.0511. The first kappa shape index (κ1) is 23.2. The van der Waals surface area contributed by atoms with Crippen molar-refractivity contribution in [3.63, 3.8) is 0 Å². The van der Waals surface area contributed by atoms with E-state index in [4.69, 9.17) is 4.74 Å². The maximum Gasteiger partial charge on any atom is 0.113 e. The van der Waals surface area contributed by atoms with Crippen molar-refractivity contribution in [1.82, 2.24) is 19.9 Å². The zero-order valence-corrected chi connectivity index (χ0v) is 22.1. The van der Waals surface area contributed by atoms with Gasteiger partial charge in [-0.05, 0) is 80.0 Å². The third kappa shape index (κ3) is 3.56. The fraction of sp³-hybridized carbons (Fsp3) is 0.677. The predicted octanol–water partition coefficient (Wildman–Crippen LogP) is 6.15. The molecule has 1 aromatic carbocycles. The first-order chi connectivity index (χ1) is 17.6. The van der Waals surface area contributed by atoms with Gasteiger partial charge in [-0.15, -0.1) is 5.10 Å². The molecule has 2 aromatic rings. The monoisotopic (exact) mass is 486 g/mol. The molecule has 1 aromatic heterocycles. The largest absolute Gasteiger partial charge is 0.379 e. The van der Waals surface area contributed by atoms with Crippen molar-refractivity contribution >= 4 is 0 Å². The quantitative estimate of drug-likeness (QED) is 0.488. The number of allylic oxidation sites excluding steroid dienone is 1. The van der Waals surface area contributed by atoms with E-state index < -0.39 is 0 Å². The third-order valence-electron chi connectivity index (χ3n) is 11.5. The highest BCUT2D eigenvalue weighted by molar-refractivity contribution is 5.57. The molecule has 0 radical (unpaired) electrons. The lowest BCUT2D eigenvalue weighted by Crippen LogP contribution is -2.53. The van der Waals surface area contributed by atoms with Gasteiger partial charge < -0.3 is 4.74 Å². The van der Waals surface area contributed by atoms with Crippen LogP contribution < -0.4 is 0 Å². The topological polar surface area (TPSA) is 43.2 Å². The highest BCUT2D eigenvalue weighted by atomic mass is 16.5. The molecular formula is C31H42N4O. The Morgan fingerprint density at radius 3 is 2.61 bits per heavy atom. The van der Waals surface area contributed by atoms with Gasteiger partial charge in [-0.3, -0.25) is 4.90 Å². The summed E-state index contributed by atoms with van der Waals surface area (Å²) in [5.74, 6) is 2.49. The van der Waals surface area contributed by atoms with Crippen molar-refractivity contribution in [3.8, 4) is 11.3 Å². The highest BCUT2D eigenvalue weighted by Crippen LogP contribution is 2.67. The normalized spacial score (nSPS) is 40.7. The third-order valence-corrected chi connectivity index (χ3v) is 11.5. The predicted molar refractivity (Wildman–Crippen MR) is 142 cm³/mol. The van der Waals surface area contributed by atoms with Crippen LogP contribution in [-0.2, 0) is 4.74 Å². The van der Waals surface area contributed by atoms with Gasteiger partial charge in [0.05, 0.1) is 25.5 Å². The van der Waals surface area contributed by atoms with Crippen LogP contribution in [0.25, 0.3) is 11.3 Å². The minimum absolute atomic E-state index is 0.329. The van der Waals surface area contributed by atoms with Crippen molar-refractivity contribution in [3.05, 3.63) is 48.2 Å². The first-order valence-electron chi connectivity index (χ1n) is 14.5. The summed E-state index contributed by atoms with van der Waals surface area (Å²) in [7, 11) is 0. The highest BCUT2D eigenvalue weighted by Gasteiger charge is 2.59. The van der Waals surface area contributed by atoms with Crippen LogP contribution in [0.2, 0.25) is 0 Å². The van der Waals surface area contributed by atoms with Gasteiger partial charge >= 0.3 is 0 Å². The van der Waals surface area contributed by atoms with E-state index in [9.17, 15) is 0 Å². The maximum absolute atomic E-state index is 5.64. The van der Waals surface area contributed by atoms with Crippen LogP contribution in [0.5, 0.6) is 0 Å². The standard InChI is InChI=1S/C31H42N4O/c1-30-14-12-24(34-16-18-36-19-17-34)20-23(30)8-9-25-26-10-11-29(31(26,2)15-13-27(25)30)35-21-28(32-33-35)22-6-4-3-5-7-22/h3-8,21,24-27,29H,9-20H2,1-2H3/t24-,25?,26+,27?,29-,30+,31+/m1/s1. The van der Waals surface area contributed by atoms with Gasteiger partial charge in [-0.1, -0.05) is 61.0 Å². The Bertz CT molecular complexity index is 1120. The molecule has 7 rings (SSSR count). The van der Waals surface area contributed by atoms with Crippen LogP contribution in [0.3, 0.4) is 0 Å². The second-order valence-corrected chi connectivity index (χ2v) is 12.9. The summed E-state index contributed by atoms with van der Waals surface area (Å²) in [6.45, 7) is 9.30. The Labute approximate surface area is 216 Å². The number of benzene rings is 1. The minimum atomic E-state index is 0.329. The Morgan fingerprint density at radius 1 is 0.944 bits per heavy atom. The van der Waals surface area contributed by atoms with E-state index in [0.717, 1.165) is 61.4 Å². The molecule has 0 amide bonds. The summed E-state index contributed by atoms with van der Waals surface area (Å²) in [4.78, 5) is 2.72. The van der Waals surface area contributed by atoms with Crippen molar-refractivity contribution in [2.45, 2.75) is 77.3 Å². The molecule has 36 heavy (non-hydrogen) atoms. The molecular weight excluding hydrogens is 444 g/mol. The first-order valence-corrected chi connectivity index (χ1v) is 14.5. The van der Waals surface area contributed by atoms with Gasteiger partial charge in [0.1, 0.15) is 5.69 Å². The zero-order chi connectivity index (χ0) is 24.3. The number of hydrogen-bond donors (Lipinski definition) is 0. The molecule has 5 heteroatoms. The van der Waals surface area contributed by atoms with Crippen molar-refractivity contribution < 1.29 is 4.74 Å². The molecule has 7 atom stereocenters. The van der Waals surface area contributed by atoms with E-state index in [2.05, 4.69) is 76.3 Å². The van der Waals surface area contributed by atoms with Crippen molar-refractivity contribution in [2.75, 3.05) is 26.3 Å². The Morgan fingerprint density at radius 2 is 1.78 bits per heavy atom. The van der Waals surface area contributed by atoms with E-state index in [1.54, 1.807) is 5.57 Å². The molecule has 2 heterocycles. The molecule has 4 aliphatic carbocycles. The minimum Gasteiger partial charge on any atom is -0.379 e. The summed E-state index contributed by atoms with van der Waals surface area (Å²) in [6.07, 6.45) is 15.6. The van der Waals surface area contributed by atoms with Gasteiger partial charge in [-0.2, -0.15) is 0 Å². The number of morpholine rings is 1. The summed E-state index contributed by atoms with van der Waals surface area (Å²) in [6, 6.07) is 11.7. The summed E-state index contributed by atoms with van der Waals surface area (Å²) in [5, 5.41) is 9.27. The van der Waals surface area contributed by atoms with Gasteiger partial charge in [0.2, 0.25) is 0 Å². The van der Waals surface area contributed by atoms with E-state index in [0.29, 0.717) is 16.9 Å². The zero-order valence-electron chi connectivity index (χ0n) is 22.1. The molecule has 0 bridgehead atoms. The van der Waals surface area contributed by atoms with Crippen LogP contribution in [0.15, 0.2) is 48.2 Å². The summed E-state index contributed by atoms with van der Waals surface area (Å²) in [5.41, 5.74) is 4.71. The number of rotatable bonds is 3. The molecule has 5 nitrogen and oxygen atoms in total. The van der Waals surface area contributed by atoms with Crippen molar-refractivity contribution in [1.29, 1.82) is 0 Å². The fourth-order valence-electron chi connectivity index (χ4n) is 9.47. The second-order valence-electron chi connectivity index (χ2n) is 12.9. The van der Waals surface area contributed by atoms with Gasteiger partial charge in [0.25, 0.3) is 0 Å². The Kier molecular flexibility index (Phi) is 5.66. The van der Waals surface area contributed by atoms with Crippen LogP contribution in [-0.4, -0.2) is 52.2 Å². The average Bonchev–Trinajstić information content (AvgIpc) is 3.53. The van der Waals surface area contributed by atoms with E-state index in [-0.39, 0.29) is 0 Å². The second kappa shape index (κ2) is 8.80. The van der Waals surface area contributed by atoms with E-state index >= 15 is 0 Å². The van der Waals surface area contributed by atoms with E-state index in [1.165, 1.54) is 51.4 Å². The Hall–Kier alpha value is -1.98. The van der Waals surface area contributed by atoms with Crippen LogP contribution in [0.4, 0.5) is 0 Å². The fourth-order valence-corrected chi connectivity index (χ4v) is 9.47. The van der Waals surface area contributed by atoms with Crippen LogP contribution >= 0.6 is 0 Å². The number of nitrogens with zero attached hydrogens (tertiary/aromatic N) is 4. The molecule has 4 fully saturated rings. The molecule has 0 N–H and O–H groups in total. The summed E-state index contributed by atoms with van der Waals surface area (Å²) < 4.78 is 7.87. The number of hydrogen-bond acceptors (Lipinski definition) is 4. The smallest absolute Gasteiger partial charge is 0.113 e. The van der Waals surface area contributed by atoms with Crippen molar-refractivity contribution in [2.24, 2.45) is 28.6 Å². The molecule has 3 saturated carbocycles. The maximum atomic E-state index is 5.64. The number of ether oxygens (including phenoxy) is 1. The van der Waals surface area contributed by atoms with Crippen LogP contribution in [0, 0.1) is 28.6 Å².